The van der Waals surface area contributed by atoms with Crippen molar-refractivity contribution in [2.45, 2.75) is 109 Å². The number of thioether (sulfide) groups is 1. The van der Waals surface area contributed by atoms with Crippen LogP contribution in [-0.4, -0.2) is 24.2 Å². The highest BCUT2D eigenvalue weighted by molar-refractivity contribution is 7.99. The molecule has 23 heavy (non-hydrogen) atoms. The Kier molecular flexibility index (Phi) is 11.6. The van der Waals surface area contributed by atoms with Crippen LogP contribution in [0.25, 0.3) is 0 Å². The van der Waals surface area contributed by atoms with Crippen molar-refractivity contribution in [3.63, 3.8) is 0 Å². The highest BCUT2D eigenvalue weighted by atomic mass is 32.2. The van der Waals surface area contributed by atoms with Gasteiger partial charge < -0.3 is 4.74 Å². The third-order valence-electron chi connectivity index (χ3n) is 5.39. The van der Waals surface area contributed by atoms with E-state index in [4.69, 9.17) is 4.74 Å². The van der Waals surface area contributed by atoms with E-state index in [2.05, 4.69) is 11.8 Å². The number of rotatable bonds is 15. The van der Waals surface area contributed by atoms with E-state index in [0.717, 1.165) is 12.5 Å². The summed E-state index contributed by atoms with van der Waals surface area (Å²) in [6.45, 7) is 1.02. The van der Waals surface area contributed by atoms with Crippen LogP contribution in [0.4, 0.5) is 0 Å². The van der Waals surface area contributed by atoms with Gasteiger partial charge in [0.1, 0.15) is 0 Å². The van der Waals surface area contributed by atoms with Gasteiger partial charge in [-0.1, -0.05) is 57.8 Å². The Hall–Kier alpha value is 0.310. The molecule has 0 spiro atoms. The third-order valence-corrected chi connectivity index (χ3v) is 6.67. The van der Waals surface area contributed by atoms with Crippen molar-refractivity contribution in [3.8, 4) is 0 Å². The van der Waals surface area contributed by atoms with E-state index in [-0.39, 0.29) is 0 Å². The maximum absolute atomic E-state index is 5.80. The second kappa shape index (κ2) is 13.6. The topological polar surface area (TPSA) is 9.23 Å². The van der Waals surface area contributed by atoms with E-state index in [9.17, 15) is 0 Å². The Balaban J connectivity index is 1.21. The first kappa shape index (κ1) is 19.6. The molecule has 0 N–H and O–H groups in total. The fraction of sp³-hybridized carbons (Fsp3) is 1.00. The van der Waals surface area contributed by atoms with Crippen LogP contribution in [0.3, 0.4) is 0 Å². The number of hydrogen-bond acceptors (Lipinski definition) is 2. The van der Waals surface area contributed by atoms with Crippen molar-refractivity contribution >= 4 is 11.8 Å². The van der Waals surface area contributed by atoms with Gasteiger partial charge >= 0.3 is 0 Å². The summed E-state index contributed by atoms with van der Waals surface area (Å²) >= 11 is 2.20. The Morgan fingerprint density at radius 1 is 0.696 bits per heavy atom. The first-order valence-electron chi connectivity index (χ1n) is 10.6. The molecule has 2 rings (SSSR count). The Labute approximate surface area is 149 Å². The maximum Gasteiger partial charge on any atom is 0.0575 e. The van der Waals surface area contributed by atoms with Crippen molar-refractivity contribution in [1.29, 1.82) is 0 Å². The molecule has 1 saturated heterocycles. The van der Waals surface area contributed by atoms with Gasteiger partial charge in [0.15, 0.2) is 0 Å². The van der Waals surface area contributed by atoms with Crippen molar-refractivity contribution in [1.82, 2.24) is 0 Å². The van der Waals surface area contributed by atoms with Crippen LogP contribution in [0.2, 0.25) is 0 Å². The molecule has 1 aliphatic carbocycles. The lowest BCUT2D eigenvalue weighted by Crippen LogP contribution is -2.18. The average molecular weight is 341 g/mol. The van der Waals surface area contributed by atoms with E-state index in [1.807, 2.05) is 0 Å². The first-order chi connectivity index (χ1) is 11.4. The fourth-order valence-corrected chi connectivity index (χ4v) is 4.80. The van der Waals surface area contributed by atoms with E-state index in [0.29, 0.717) is 6.10 Å². The Bertz CT molecular complexity index is 259. The predicted octanol–water partition coefficient (Wildman–Crippen LogP) is 6.99. The van der Waals surface area contributed by atoms with Crippen LogP contribution < -0.4 is 0 Å². The zero-order chi connectivity index (χ0) is 16.0. The maximum atomic E-state index is 5.80. The molecule has 0 aromatic rings. The van der Waals surface area contributed by atoms with Gasteiger partial charge in [0, 0.05) is 6.61 Å². The average Bonchev–Trinajstić information content (AvgIpc) is 3.40. The quantitative estimate of drug-likeness (QED) is 0.297. The second-order valence-corrected chi connectivity index (χ2v) is 8.98. The molecule has 1 saturated carbocycles. The largest absolute Gasteiger partial charge is 0.378 e. The molecule has 1 atom stereocenters. The van der Waals surface area contributed by atoms with Crippen molar-refractivity contribution < 1.29 is 4.74 Å². The van der Waals surface area contributed by atoms with Crippen LogP contribution in [0, 0.1) is 5.92 Å². The summed E-state index contributed by atoms with van der Waals surface area (Å²) in [6, 6.07) is 0. The monoisotopic (exact) mass is 340 g/mol. The number of hydrogen-bond donors (Lipinski definition) is 0. The van der Waals surface area contributed by atoms with E-state index in [1.165, 1.54) is 114 Å². The van der Waals surface area contributed by atoms with E-state index < -0.39 is 0 Å². The molecule has 0 aromatic carbocycles. The summed E-state index contributed by atoms with van der Waals surface area (Å²) in [6.07, 6.45) is 23.5. The predicted molar refractivity (Wildman–Crippen MR) is 104 cm³/mol. The molecule has 0 radical (unpaired) electrons. The molecule has 0 bridgehead atoms. The summed E-state index contributed by atoms with van der Waals surface area (Å²) < 4.78 is 5.80. The molecule has 2 fully saturated rings. The van der Waals surface area contributed by atoms with Gasteiger partial charge in [-0.25, -0.2) is 0 Å². The molecule has 0 aromatic heterocycles. The minimum atomic E-state index is 0.603. The summed E-state index contributed by atoms with van der Waals surface area (Å²) in [5.41, 5.74) is 0. The van der Waals surface area contributed by atoms with Crippen LogP contribution in [0.1, 0.15) is 103 Å². The van der Waals surface area contributed by atoms with Gasteiger partial charge in [-0.3, -0.25) is 0 Å². The Morgan fingerprint density at radius 2 is 1.35 bits per heavy atom. The summed E-state index contributed by atoms with van der Waals surface area (Å²) in [4.78, 5) is 0. The zero-order valence-corrected chi connectivity index (χ0v) is 16.2. The number of unbranched alkanes of at least 4 members (excludes halogenated alkanes) is 9. The summed E-state index contributed by atoms with van der Waals surface area (Å²) in [5.74, 6) is 3.98. The molecule has 136 valence electrons. The van der Waals surface area contributed by atoms with Crippen LogP contribution in [0.5, 0.6) is 0 Å². The SMILES string of the molecule is C(CCCCCCC1CCCCO1)CCCCCSCC1CC1. The van der Waals surface area contributed by atoms with Gasteiger partial charge in [0.05, 0.1) is 6.10 Å². The van der Waals surface area contributed by atoms with Gasteiger partial charge in [-0.2, -0.15) is 11.8 Å². The highest BCUT2D eigenvalue weighted by Crippen LogP contribution is 2.32. The van der Waals surface area contributed by atoms with E-state index in [1.54, 1.807) is 0 Å². The summed E-state index contributed by atoms with van der Waals surface area (Å²) in [5, 5.41) is 0. The molecule has 1 unspecified atom stereocenters. The molecule has 2 aliphatic rings. The lowest BCUT2D eigenvalue weighted by Gasteiger charge is -2.22. The standard InChI is InChI=1S/C21H40OS/c1(2-4-6-8-12-18-23-19-20-15-16-20)3-5-7-9-13-21-14-10-11-17-22-21/h20-21H,1-19H2. The first-order valence-corrected chi connectivity index (χ1v) is 11.8. The molecule has 2 heteroatoms. The van der Waals surface area contributed by atoms with Gasteiger partial charge in [-0.15, -0.1) is 0 Å². The second-order valence-electron chi connectivity index (χ2n) is 7.83. The van der Waals surface area contributed by atoms with Crippen molar-refractivity contribution in [2.24, 2.45) is 5.92 Å². The lowest BCUT2D eigenvalue weighted by molar-refractivity contribution is 0.00977. The van der Waals surface area contributed by atoms with Crippen molar-refractivity contribution in [2.75, 3.05) is 18.1 Å². The molecular weight excluding hydrogens is 300 g/mol. The minimum Gasteiger partial charge on any atom is -0.378 e. The minimum absolute atomic E-state index is 0.603. The highest BCUT2D eigenvalue weighted by Gasteiger charge is 2.20. The van der Waals surface area contributed by atoms with Gasteiger partial charge in [0.2, 0.25) is 0 Å². The lowest BCUT2D eigenvalue weighted by atomic mass is 10.0. The molecule has 0 amide bonds. The zero-order valence-electron chi connectivity index (χ0n) is 15.4. The molecule has 1 nitrogen and oxygen atoms in total. The van der Waals surface area contributed by atoms with Crippen LogP contribution >= 0.6 is 11.8 Å². The van der Waals surface area contributed by atoms with E-state index >= 15 is 0 Å². The smallest absolute Gasteiger partial charge is 0.0575 e. The van der Waals surface area contributed by atoms with Crippen LogP contribution in [-0.2, 0) is 4.74 Å². The van der Waals surface area contributed by atoms with Crippen molar-refractivity contribution in [3.05, 3.63) is 0 Å². The molecule has 1 aliphatic heterocycles. The fourth-order valence-electron chi connectivity index (χ4n) is 3.56. The van der Waals surface area contributed by atoms with Crippen LogP contribution in [0.15, 0.2) is 0 Å². The Morgan fingerprint density at radius 3 is 1.96 bits per heavy atom. The van der Waals surface area contributed by atoms with Gasteiger partial charge in [0.25, 0.3) is 0 Å². The molecular formula is C21H40OS. The molecule has 1 heterocycles. The number of ether oxygens (including phenoxy) is 1. The third kappa shape index (κ3) is 11.5. The van der Waals surface area contributed by atoms with Gasteiger partial charge in [-0.05, 0) is 62.4 Å². The normalized spacial score (nSPS) is 21.7. The summed E-state index contributed by atoms with van der Waals surface area (Å²) in [7, 11) is 0.